The van der Waals surface area contributed by atoms with E-state index < -0.39 is 0 Å². The molecule has 1 aliphatic rings. The molecule has 1 aromatic carbocycles. The van der Waals surface area contributed by atoms with Crippen LogP contribution in [-0.2, 0) is 0 Å². The average molecular weight is 297 g/mol. The van der Waals surface area contributed by atoms with Crippen molar-refractivity contribution >= 4 is 34.6 Å². The molecular formula is C15H21ClN2S. The summed E-state index contributed by atoms with van der Waals surface area (Å²) in [4.78, 5) is 2.28. The molecule has 1 heterocycles. The molecule has 104 valence electrons. The van der Waals surface area contributed by atoms with Gasteiger partial charge in [-0.15, -0.1) is 0 Å². The van der Waals surface area contributed by atoms with Crippen molar-refractivity contribution in [1.82, 2.24) is 4.90 Å². The van der Waals surface area contributed by atoms with E-state index in [-0.39, 0.29) is 0 Å². The van der Waals surface area contributed by atoms with Gasteiger partial charge < -0.3 is 10.2 Å². The first kappa shape index (κ1) is 14.6. The Morgan fingerprint density at radius 1 is 1.37 bits per heavy atom. The first-order valence-corrected chi connectivity index (χ1v) is 7.67. The molecule has 19 heavy (non-hydrogen) atoms. The lowest BCUT2D eigenvalue weighted by molar-refractivity contribution is 0.431. The molecule has 1 fully saturated rings. The third-order valence-electron chi connectivity index (χ3n) is 3.73. The Balaban J connectivity index is 2.00. The normalized spacial score (nSPS) is 19.9. The zero-order valence-corrected chi connectivity index (χ0v) is 13.2. The first-order chi connectivity index (χ1) is 9.06. The number of benzene rings is 1. The van der Waals surface area contributed by atoms with E-state index in [1.165, 1.54) is 19.3 Å². The molecule has 0 aromatic heterocycles. The van der Waals surface area contributed by atoms with Crippen molar-refractivity contribution in [3.05, 3.63) is 28.8 Å². The average Bonchev–Trinajstić information content (AvgIpc) is 2.57. The van der Waals surface area contributed by atoms with Gasteiger partial charge in [0.2, 0.25) is 0 Å². The van der Waals surface area contributed by atoms with E-state index in [1.807, 2.05) is 25.1 Å². The molecule has 0 aliphatic carbocycles. The van der Waals surface area contributed by atoms with Crippen LogP contribution >= 0.6 is 23.8 Å². The lowest BCUT2D eigenvalue weighted by Crippen LogP contribution is -2.35. The van der Waals surface area contributed by atoms with Crippen LogP contribution in [0.5, 0.6) is 0 Å². The second-order valence-electron chi connectivity index (χ2n) is 5.41. The van der Waals surface area contributed by atoms with Crippen molar-refractivity contribution in [2.24, 2.45) is 5.92 Å². The van der Waals surface area contributed by atoms with Gasteiger partial charge >= 0.3 is 0 Å². The molecule has 4 heteroatoms. The smallest absolute Gasteiger partial charge is 0.173 e. The molecule has 2 rings (SSSR count). The highest BCUT2D eigenvalue weighted by Gasteiger charge is 2.16. The summed E-state index contributed by atoms with van der Waals surface area (Å²) < 4.78 is 0. The fourth-order valence-electron chi connectivity index (χ4n) is 2.43. The van der Waals surface area contributed by atoms with E-state index in [0.717, 1.165) is 40.4 Å². The van der Waals surface area contributed by atoms with Crippen molar-refractivity contribution in [3.8, 4) is 0 Å². The van der Waals surface area contributed by atoms with Gasteiger partial charge in [-0.05, 0) is 68.1 Å². The maximum atomic E-state index is 5.97. The lowest BCUT2D eigenvalue weighted by atomic mass is 10.0. The summed E-state index contributed by atoms with van der Waals surface area (Å²) in [5.41, 5.74) is 2.17. The minimum Gasteiger partial charge on any atom is -0.349 e. The van der Waals surface area contributed by atoms with E-state index in [1.54, 1.807) is 0 Å². The van der Waals surface area contributed by atoms with Crippen LogP contribution in [0, 0.1) is 12.8 Å². The summed E-state index contributed by atoms with van der Waals surface area (Å²) in [6.07, 6.45) is 3.75. The number of thiocarbonyl (C=S) groups is 1. The van der Waals surface area contributed by atoms with Crippen LogP contribution in [0.25, 0.3) is 0 Å². The number of hydrogen-bond donors (Lipinski definition) is 1. The Morgan fingerprint density at radius 3 is 2.89 bits per heavy atom. The molecule has 0 radical (unpaired) electrons. The second-order valence-corrected chi connectivity index (χ2v) is 6.24. The van der Waals surface area contributed by atoms with Gasteiger partial charge in [-0.2, -0.15) is 0 Å². The van der Waals surface area contributed by atoms with Gasteiger partial charge in [-0.3, -0.25) is 0 Å². The fraction of sp³-hybridized carbons (Fsp3) is 0.533. The number of likely N-dealkylation sites (tertiary alicyclic amines) is 1. The Hall–Kier alpha value is -0.800. The van der Waals surface area contributed by atoms with E-state index in [4.69, 9.17) is 23.8 Å². The van der Waals surface area contributed by atoms with E-state index >= 15 is 0 Å². The van der Waals surface area contributed by atoms with Gasteiger partial charge in [-0.1, -0.05) is 18.5 Å². The monoisotopic (exact) mass is 296 g/mol. The number of hydrogen-bond acceptors (Lipinski definition) is 1. The highest BCUT2D eigenvalue weighted by molar-refractivity contribution is 7.80. The number of aryl methyl sites for hydroxylation is 1. The molecule has 1 N–H and O–H groups in total. The molecule has 0 spiro atoms. The van der Waals surface area contributed by atoms with Crippen LogP contribution in [0.2, 0.25) is 5.02 Å². The van der Waals surface area contributed by atoms with E-state index in [9.17, 15) is 0 Å². The lowest BCUT2D eigenvalue weighted by Gasteiger charge is -2.24. The zero-order valence-electron chi connectivity index (χ0n) is 11.6. The zero-order chi connectivity index (χ0) is 13.8. The summed E-state index contributed by atoms with van der Waals surface area (Å²) in [5, 5.41) is 4.94. The predicted octanol–water partition coefficient (Wildman–Crippen LogP) is 4.47. The summed E-state index contributed by atoms with van der Waals surface area (Å²) >= 11 is 11.5. The second kappa shape index (κ2) is 6.58. The van der Waals surface area contributed by atoms with Crippen molar-refractivity contribution in [2.75, 3.05) is 18.4 Å². The van der Waals surface area contributed by atoms with Gasteiger partial charge in [0.05, 0.1) is 0 Å². The van der Waals surface area contributed by atoms with E-state index in [0.29, 0.717) is 0 Å². The molecule has 1 unspecified atom stereocenters. The SMILES string of the molecule is Cc1cc(Cl)ccc1NC(=S)N1CCCC(C)CC1. The first-order valence-electron chi connectivity index (χ1n) is 6.88. The number of nitrogens with one attached hydrogen (secondary N) is 1. The van der Waals surface area contributed by atoms with Crippen LogP contribution in [-0.4, -0.2) is 23.1 Å². The maximum absolute atomic E-state index is 5.97. The fourth-order valence-corrected chi connectivity index (χ4v) is 2.95. The van der Waals surface area contributed by atoms with Crippen molar-refractivity contribution < 1.29 is 0 Å². The number of nitrogens with zero attached hydrogens (tertiary/aromatic N) is 1. The quantitative estimate of drug-likeness (QED) is 0.770. The summed E-state index contributed by atoms with van der Waals surface area (Å²) in [5.74, 6) is 0.810. The van der Waals surface area contributed by atoms with Crippen LogP contribution in [0.4, 0.5) is 5.69 Å². The van der Waals surface area contributed by atoms with Crippen LogP contribution in [0.3, 0.4) is 0 Å². The molecule has 0 saturated carbocycles. The predicted molar refractivity (Wildman–Crippen MR) is 87.0 cm³/mol. The van der Waals surface area contributed by atoms with Crippen molar-refractivity contribution in [1.29, 1.82) is 0 Å². The van der Waals surface area contributed by atoms with Crippen LogP contribution < -0.4 is 5.32 Å². The Bertz CT molecular complexity index is 461. The Kier molecular flexibility index (Phi) is 5.06. The summed E-state index contributed by atoms with van der Waals surface area (Å²) in [7, 11) is 0. The topological polar surface area (TPSA) is 15.3 Å². The van der Waals surface area contributed by atoms with E-state index in [2.05, 4.69) is 17.1 Å². The number of anilines is 1. The molecule has 2 nitrogen and oxygen atoms in total. The Morgan fingerprint density at radius 2 is 2.16 bits per heavy atom. The van der Waals surface area contributed by atoms with Crippen LogP contribution in [0.15, 0.2) is 18.2 Å². The molecule has 0 amide bonds. The molecule has 1 saturated heterocycles. The van der Waals surface area contributed by atoms with Gasteiger partial charge in [0.15, 0.2) is 5.11 Å². The summed E-state index contributed by atoms with van der Waals surface area (Å²) in [6, 6.07) is 5.84. The molecule has 0 bridgehead atoms. The van der Waals surface area contributed by atoms with Crippen molar-refractivity contribution in [2.45, 2.75) is 33.1 Å². The molecule has 1 aliphatic heterocycles. The third kappa shape index (κ3) is 4.08. The largest absolute Gasteiger partial charge is 0.349 e. The van der Waals surface area contributed by atoms with Gasteiger partial charge in [0.25, 0.3) is 0 Å². The highest BCUT2D eigenvalue weighted by atomic mass is 35.5. The van der Waals surface area contributed by atoms with Crippen molar-refractivity contribution in [3.63, 3.8) is 0 Å². The van der Waals surface area contributed by atoms with Gasteiger partial charge in [-0.25, -0.2) is 0 Å². The summed E-state index contributed by atoms with van der Waals surface area (Å²) in [6.45, 7) is 6.48. The van der Waals surface area contributed by atoms with Crippen LogP contribution in [0.1, 0.15) is 31.7 Å². The minimum absolute atomic E-state index is 0.762. The number of rotatable bonds is 1. The van der Waals surface area contributed by atoms with Gasteiger partial charge in [0, 0.05) is 23.8 Å². The number of halogens is 1. The minimum atomic E-state index is 0.762. The van der Waals surface area contributed by atoms with Gasteiger partial charge in [0.1, 0.15) is 0 Å². The Labute approximate surface area is 126 Å². The molecular weight excluding hydrogens is 276 g/mol. The molecule has 1 atom stereocenters. The molecule has 1 aromatic rings. The third-order valence-corrected chi connectivity index (χ3v) is 4.33. The maximum Gasteiger partial charge on any atom is 0.173 e. The highest BCUT2D eigenvalue weighted by Crippen LogP contribution is 2.21. The standard InChI is InChI=1S/C15H21ClN2S/c1-11-4-3-8-18(9-7-11)15(19)17-14-6-5-13(16)10-12(14)2/h5-6,10-11H,3-4,7-9H2,1-2H3,(H,17,19).